The van der Waals surface area contributed by atoms with Crippen molar-refractivity contribution in [2.75, 3.05) is 5.32 Å². The maximum Gasteiger partial charge on any atom is 0.328 e. The van der Waals surface area contributed by atoms with Crippen LogP contribution in [0.4, 0.5) is 10.5 Å². The number of nitrogens with one attached hydrogen (secondary N) is 2. The average molecular weight is 362 g/mol. The number of aliphatic imine (C=N–C) groups is 1. The molecule has 0 unspecified atom stereocenters. The van der Waals surface area contributed by atoms with Crippen molar-refractivity contribution in [3.8, 4) is 0 Å². The minimum absolute atomic E-state index is 0.00599. The van der Waals surface area contributed by atoms with Gasteiger partial charge in [0.2, 0.25) is 5.96 Å². The van der Waals surface area contributed by atoms with Gasteiger partial charge in [-0.15, -0.1) is 0 Å². The van der Waals surface area contributed by atoms with Gasteiger partial charge in [-0.1, -0.05) is 49.2 Å². The summed E-state index contributed by atoms with van der Waals surface area (Å²) >= 11 is 0. The predicted molar refractivity (Wildman–Crippen MR) is 105 cm³/mol. The third-order valence-electron chi connectivity index (χ3n) is 5.05. The Hall–Kier alpha value is -3.15. The van der Waals surface area contributed by atoms with Crippen LogP contribution in [-0.2, 0) is 0 Å². The van der Waals surface area contributed by atoms with E-state index in [4.69, 9.17) is 0 Å². The van der Waals surface area contributed by atoms with Crippen LogP contribution in [0.2, 0.25) is 0 Å². The van der Waals surface area contributed by atoms with Crippen molar-refractivity contribution in [3.63, 3.8) is 0 Å². The summed E-state index contributed by atoms with van der Waals surface area (Å²) in [5, 5.41) is 5.76. The molecule has 6 nitrogen and oxygen atoms in total. The predicted octanol–water partition coefficient (Wildman–Crippen LogP) is 3.63. The number of amides is 3. The van der Waals surface area contributed by atoms with Crippen LogP contribution in [0, 0.1) is 0 Å². The molecule has 2 atom stereocenters. The molecule has 1 aliphatic carbocycles. The van der Waals surface area contributed by atoms with E-state index in [9.17, 15) is 9.59 Å². The zero-order valence-electron chi connectivity index (χ0n) is 15.0. The first-order valence-corrected chi connectivity index (χ1v) is 9.32. The van der Waals surface area contributed by atoms with Gasteiger partial charge in [-0.25, -0.2) is 9.79 Å². The van der Waals surface area contributed by atoms with E-state index in [-0.39, 0.29) is 24.0 Å². The van der Waals surface area contributed by atoms with Crippen LogP contribution in [0.3, 0.4) is 0 Å². The van der Waals surface area contributed by atoms with Crippen LogP contribution < -0.4 is 10.6 Å². The molecule has 138 valence electrons. The van der Waals surface area contributed by atoms with Crippen molar-refractivity contribution < 1.29 is 9.59 Å². The molecule has 27 heavy (non-hydrogen) atoms. The van der Waals surface area contributed by atoms with Gasteiger partial charge in [0.1, 0.15) is 0 Å². The van der Waals surface area contributed by atoms with Gasteiger partial charge in [0, 0.05) is 11.3 Å². The minimum atomic E-state index is -0.261. The first-order chi connectivity index (χ1) is 13.2. The monoisotopic (exact) mass is 362 g/mol. The molecule has 2 aromatic carbocycles. The van der Waals surface area contributed by atoms with Gasteiger partial charge in [0.25, 0.3) is 5.91 Å². The first kappa shape index (κ1) is 17.3. The highest BCUT2D eigenvalue weighted by atomic mass is 16.2. The molecule has 3 amide bonds. The van der Waals surface area contributed by atoms with Crippen LogP contribution >= 0.6 is 0 Å². The fourth-order valence-electron chi connectivity index (χ4n) is 3.73. The highest BCUT2D eigenvalue weighted by molar-refractivity contribution is 6.12. The van der Waals surface area contributed by atoms with E-state index in [1.165, 1.54) is 0 Å². The van der Waals surface area contributed by atoms with E-state index in [1.54, 1.807) is 17.0 Å². The third kappa shape index (κ3) is 3.69. The third-order valence-corrected chi connectivity index (χ3v) is 5.05. The molecule has 4 rings (SSSR count). The number of nitrogens with zero attached hydrogens (tertiary/aromatic N) is 2. The molecule has 1 aliphatic heterocycles. The zero-order chi connectivity index (χ0) is 18.6. The maximum absolute atomic E-state index is 13.0. The number of fused-ring (bicyclic) bond motifs is 1. The molecule has 1 fully saturated rings. The Morgan fingerprint density at radius 3 is 2.30 bits per heavy atom. The Morgan fingerprint density at radius 1 is 0.889 bits per heavy atom. The molecule has 0 spiro atoms. The Morgan fingerprint density at radius 2 is 1.56 bits per heavy atom. The molecule has 0 radical (unpaired) electrons. The van der Waals surface area contributed by atoms with Gasteiger partial charge in [0.15, 0.2) is 0 Å². The Balaban J connectivity index is 1.55. The molecule has 2 aromatic rings. The summed E-state index contributed by atoms with van der Waals surface area (Å²) in [5.41, 5.74) is 1.26. The van der Waals surface area contributed by atoms with Crippen molar-refractivity contribution in [1.29, 1.82) is 0 Å². The smallest absolute Gasteiger partial charge is 0.307 e. The largest absolute Gasteiger partial charge is 0.328 e. The molecule has 0 aromatic heterocycles. The number of para-hydroxylation sites is 1. The van der Waals surface area contributed by atoms with Gasteiger partial charge in [-0.2, -0.15) is 0 Å². The van der Waals surface area contributed by atoms with E-state index < -0.39 is 0 Å². The van der Waals surface area contributed by atoms with Crippen molar-refractivity contribution in [2.45, 2.75) is 37.8 Å². The molecule has 1 heterocycles. The number of urea groups is 1. The van der Waals surface area contributed by atoms with E-state index in [2.05, 4.69) is 15.6 Å². The molecule has 1 saturated carbocycles. The van der Waals surface area contributed by atoms with Crippen molar-refractivity contribution in [2.24, 2.45) is 4.99 Å². The normalized spacial score (nSPS) is 21.2. The first-order valence-electron chi connectivity index (χ1n) is 9.32. The maximum atomic E-state index is 13.0. The van der Waals surface area contributed by atoms with Gasteiger partial charge >= 0.3 is 6.03 Å². The average Bonchev–Trinajstić information content (AvgIpc) is 3.07. The molecule has 6 heteroatoms. The number of benzene rings is 2. The molecule has 0 bridgehead atoms. The van der Waals surface area contributed by atoms with Gasteiger partial charge < -0.3 is 5.32 Å². The lowest BCUT2D eigenvalue weighted by atomic mass is 9.91. The summed E-state index contributed by atoms with van der Waals surface area (Å²) in [6.07, 6.45) is 3.98. The fourth-order valence-corrected chi connectivity index (χ4v) is 3.73. The van der Waals surface area contributed by atoms with Crippen LogP contribution in [0.1, 0.15) is 36.0 Å². The summed E-state index contributed by atoms with van der Waals surface area (Å²) in [7, 11) is 0. The number of hydrogen-bond acceptors (Lipinski definition) is 3. The summed E-state index contributed by atoms with van der Waals surface area (Å²) in [6, 6.07) is 18.1. The second kappa shape index (κ2) is 7.61. The van der Waals surface area contributed by atoms with Crippen molar-refractivity contribution >= 4 is 23.6 Å². The molecule has 2 N–H and O–H groups in total. The lowest BCUT2D eigenvalue weighted by molar-refractivity contribution is 0.0973. The number of rotatable bonds is 2. The van der Waals surface area contributed by atoms with Crippen LogP contribution in [0.15, 0.2) is 65.7 Å². The summed E-state index contributed by atoms with van der Waals surface area (Å²) in [4.78, 5) is 31.9. The zero-order valence-corrected chi connectivity index (χ0v) is 15.0. The number of carbonyl (C=O) groups is 2. The lowest BCUT2D eigenvalue weighted by Gasteiger charge is -2.31. The Bertz CT molecular complexity index is 851. The van der Waals surface area contributed by atoms with Crippen molar-refractivity contribution in [3.05, 3.63) is 66.2 Å². The number of hydrogen-bond donors (Lipinski definition) is 2. The van der Waals surface area contributed by atoms with Gasteiger partial charge in [-0.3, -0.25) is 15.0 Å². The lowest BCUT2D eigenvalue weighted by Crippen LogP contribution is -2.52. The Labute approximate surface area is 158 Å². The fraction of sp³-hybridized carbons (Fsp3) is 0.286. The molecule has 2 aliphatic rings. The summed E-state index contributed by atoms with van der Waals surface area (Å²) < 4.78 is 0. The second-order valence-corrected chi connectivity index (χ2v) is 6.86. The topological polar surface area (TPSA) is 73.8 Å². The number of carbonyl (C=O) groups excluding carboxylic acids is 2. The standard InChI is InChI=1S/C21H22N4O2/c26-19(15-9-3-1-4-10-15)24-20-23-17-13-7-8-14-18(17)25(20)21(27)22-16-11-5-2-6-12-16/h1-6,9-12,17-18H,7-8,13-14H2,(H,22,27)(H,23,24,26)/t17-,18-/m0/s1. The highest BCUT2D eigenvalue weighted by Gasteiger charge is 2.41. The van der Waals surface area contributed by atoms with Gasteiger partial charge in [-0.05, 0) is 37.1 Å². The minimum Gasteiger partial charge on any atom is -0.307 e. The highest BCUT2D eigenvalue weighted by Crippen LogP contribution is 2.31. The number of guanidine groups is 1. The quantitative estimate of drug-likeness (QED) is 0.856. The Kier molecular flexibility index (Phi) is 4.87. The van der Waals surface area contributed by atoms with Crippen LogP contribution in [0.25, 0.3) is 0 Å². The van der Waals surface area contributed by atoms with E-state index in [0.29, 0.717) is 11.5 Å². The van der Waals surface area contributed by atoms with E-state index in [0.717, 1.165) is 31.4 Å². The molecular formula is C21H22N4O2. The van der Waals surface area contributed by atoms with Crippen LogP contribution in [0.5, 0.6) is 0 Å². The summed E-state index contributed by atoms with van der Waals surface area (Å²) in [5.74, 6) is 0.0830. The van der Waals surface area contributed by atoms with E-state index >= 15 is 0 Å². The SMILES string of the molecule is O=C(NC1=N[C@H]2CCCC[C@@H]2N1C(=O)Nc1ccccc1)c1ccccc1. The molecule has 0 saturated heterocycles. The molecular weight excluding hydrogens is 340 g/mol. The summed E-state index contributed by atoms with van der Waals surface area (Å²) in [6.45, 7) is 0. The second-order valence-electron chi connectivity index (χ2n) is 6.86. The van der Waals surface area contributed by atoms with Crippen molar-refractivity contribution in [1.82, 2.24) is 10.2 Å². The van der Waals surface area contributed by atoms with E-state index in [1.807, 2.05) is 48.5 Å². The van der Waals surface area contributed by atoms with Crippen LogP contribution in [-0.4, -0.2) is 34.9 Å². The van der Waals surface area contributed by atoms with Gasteiger partial charge in [0.05, 0.1) is 12.1 Å². The number of anilines is 1.